The first-order valence-electron chi connectivity index (χ1n) is 6.17. The highest BCUT2D eigenvalue weighted by Gasteiger charge is 2.15. The van der Waals surface area contributed by atoms with E-state index in [1.54, 1.807) is 31.2 Å². The summed E-state index contributed by atoms with van der Waals surface area (Å²) in [5.74, 6) is -0.749. The number of benzene rings is 2. The highest BCUT2D eigenvalue weighted by atomic mass is 19.1. The highest BCUT2D eigenvalue weighted by molar-refractivity contribution is 5.31. The van der Waals surface area contributed by atoms with Crippen LogP contribution < -0.4 is 0 Å². The summed E-state index contributed by atoms with van der Waals surface area (Å²) in [5.41, 5.74) is 2.32. The molecule has 2 rings (SSSR count). The Hall–Kier alpha value is -1.74. The van der Waals surface area contributed by atoms with Crippen molar-refractivity contribution in [2.45, 2.75) is 26.4 Å². The van der Waals surface area contributed by atoms with Crippen LogP contribution in [0.3, 0.4) is 0 Å². The van der Waals surface area contributed by atoms with Gasteiger partial charge in [0.15, 0.2) is 0 Å². The van der Waals surface area contributed by atoms with Gasteiger partial charge in [0, 0.05) is 12.0 Å². The van der Waals surface area contributed by atoms with Crippen LogP contribution in [0, 0.1) is 25.5 Å². The third-order valence-corrected chi connectivity index (χ3v) is 3.31. The van der Waals surface area contributed by atoms with Crippen LogP contribution in [0.5, 0.6) is 0 Å². The Morgan fingerprint density at radius 2 is 1.79 bits per heavy atom. The lowest BCUT2D eigenvalue weighted by Crippen LogP contribution is -2.06. The third-order valence-electron chi connectivity index (χ3n) is 3.31. The molecule has 0 aliphatic carbocycles. The maximum Gasteiger partial charge on any atom is 0.131 e. The van der Waals surface area contributed by atoms with Gasteiger partial charge in [-0.15, -0.1) is 0 Å². The predicted octanol–water partition coefficient (Wildman–Crippen LogP) is 3.86. The lowest BCUT2D eigenvalue weighted by atomic mass is 9.97. The van der Waals surface area contributed by atoms with E-state index >= 15 is 0 Å². The van der Waals surface area contributed by atoms with Gasteiger partial charge < -0.3 is 5.11 Å². The van der Waals surface area contributed by atoms with Crippen LogP contribution >= 0.6 is 0 Å². The second-order valence-electron chi connectivity index (χ2n) is 4.77. The molecule has 0 aliphatic rings. The average molecular weight is 262 g/mol. The molecule has 0 spiro atoms. The van der Waals surface area contributed by atoms with E-state index in [0.717, 1.165) is 5.56 Å². The van der Waals surface area contributed by atoms with E-state index in [9.17, 15) is 13.9 Å². The number of hydrogen-bond acceptors (Lipinski definition) is 1. The standard InChI is InChI=1S/C16H16F2O/c1-10-6-7-13(17)8-12(10)9-15(19)14-5-3-4-11(2)16(14)18/h3-8,15,19H,9H2,1-2H3. The van der Waals surface area contributed by atoms with Gasteiger partial charge >= 0.3 is 0 Å². The van der Waals surface area contributed by atoms with Crippen molar-refractivity contribution in [1.29, 1.82) is 0 Å². The Kier molecular flexibility index (Phi) is 3.96. The summed E-state index contributed by atoms with van der Waals surface area (Å²) in [6.45, 7) is 3.49. The molecule has 2 aromatic rings. The molecule has 0 saturated carbocycles. The van der Waals surface area contributed by atoms with Crippen LogP contribution in [0.1, 0.15) is 28.4 Å². The third kappa shape index (κ3) is 2.99. The first-order chi connectivity index (χ1) is 8.99. The molecule has 1 nitrogen and oxygen atoms in total. The van der Waals surface area contributed by atoms with E-state index in [-0.39, 0.29) is 17.8 Å². The fraction of sp³-hybridized carbons (Fsp3) is 0.250. The summed E-state index contributed by atoms with van der Waals surface area (Å²) < 4.78 is 27.1. The molecule has 0 heterocycles. The second kappa shape index (κ2) is 5.49. The summed E-state index contributed by atoms with van der Waals surface area (Å²) in [4.78, 5) is 0. The summed E-state index contributed by atoms with van der Waals surface area (Å²) in [7, 11) is 0. The van der Waals surface area contributed by atoms with Crippen molar-refractivity contribution in [2.24, 2.45) is 0 Å². The van der Waals surface area contributed by atoms with E-state index in [2.05, 4.69) is 0 Å². The molecule has 19 heavy (non-hydrogen) atoms. The predicted molar refractivity (Wildman–Crippen MR) is 70.9 cm³/mol. The number of aliphatic hydroxyl groups excluding tert-OH is 1. The molecule has 0 aliphatic heterocycles. The molecule has 1 atom stereocenters. The molecule has 0 bridgehead atoms. The fourth-order valence-corrected chi connectivity index (χ4v) is 2.11. The largest absolute Gasteiger partial charge is 0.388 e. The fourth-order valence-electron chi connectivity index (χ4n) is 2.11. The maximum atomic E-state index is 13.9. The zero-order valence-corrected chi connectivity index (χ0v) is 11.0. The molecule has 0 fully saturated rings. The first-order valence-corrected chi connectivity index (χ1v) is 6.17. The van der Waals surface area contributed by atoms with E-state index in [4.69, 9.17) is 0 Å². The van der Waals surface area contributed by atoms with Crippen molar-refractivity contribution in [3.63, 3.8) is 0 Å². The Balaban J connectivity index is 2.28. The zero-order chi connectivity index (χ0) is 14.0. The van der Waals surface area contributed by atoms with Crippen molar-refractivity contribution in [3.8, 4) is 0 Å². The van der Waals surface area contributed by atoms with E-state index in [1.165, 1.54) is 12.1 Å². The van der Waals surface area contributed by atoms with E-state index in [0.29, 0.717) is 11.1 Å². The molecular formula is C16H16F2O. The Morgan fingerprint density at radius 1 is 1.05 bits per heavy atom. The molecule has 0 saturated heterocycles. The number of halogens is 2. The normalized spacial score (nSPS) is 12.5. The van der Waals surface area contributed by atoms with Crippen molar-refractivity contribution in [1.82, 2.24) is 0 Å². The molecule has 1 unspecified atom stereocenters. The molecule has 0 aromatic heterocycles. The molecule has 3 heteroatoms. The Labute approximate surface area is 111 Å². The lowest BCUT2D eigenvalue weighted by molar-refractivity contribution is 0.173. The SMILES string of the molecule is Cc1ccc(F)cc1CC(O)c1cccc(C)c1F. The number of hydrogen-bond donors (Lipinski definition) is 1. The highest BCUT2D eigenvalue weighted by Crippen LogP contribution is 2.24. The molecular weight excluding hydrogens is 246 g/mol. The van der Waals surface area contributed by atoms with Gasteiger partial charge in [-0.25, -0.2) is 8.78 Å². The van der Waals surface area contributed by atoms with Crippen molar-refractivity contribution >= 4 is 0 Å². The van der Waals surface area contributed by atoms with Crippen LogP contribution in [0.25, 0.3) is 0 Å². The second-order valence-corrected chi connectivity index (χ2v) is 4.77. The van der Waals surface area contributed by atoms with Crippen molar-refractivity contribution in [2.75, 3.05) is 0 Å². The smallest absolute Gasteiger partial charge is 0.131 e. The van der Waals surface area contributed by atoms with Gasteiger partial charge in [0.1, 0.15) is 11.6 Å². The van der Waals surface area contributed by atoms with Gasteiger partial charge in [-0.3, -0.25) is 0 Å². The minimum atomic E-state index is -0.972. The number of aliphatic hydroxyl groups is 1. The lowest BCUT2D eigenvalue weighted by Gasteiger charge is -2.14. The summed E-state index contributed by atoms with van der Waals surface area (Å²) in [6.07, 6.45) is -0.773. The van der Waals surface area contributed by atoms with Gasteiger partial charge in [0.2, 0.25) is 0 Å². The van der Waals surface area contributed by atoms with Gasteiger partial charge in [-0.2, -0.15) is 0 Å². The van der Waals surface area contributed by atoms with Gasteiger partial charge in [-0.1, -0.05) is 24.3 Å². The topological polar surface area (TPSA) is 20.2 Å². The molecule has 100 valence electrons. The number of rotatable bonds is 3. The quantitative estimate of drug-likeness (QED) is 0.890. The zero-order valence-electron chi connectivity index (χ0n) is 11.0. The van der Waals surface area contributed by atoms with Gasteiger partial charge in [-0.05, 0) is 42.7 Å². The van der Waals surface area contributed by atoms with E-state index in [1.807, 2.05) is 6.92 Å². The average Bonchev–Trinajstić information content (AvgIpc) is 2.37. The molecule has 2 aromatic carbocycles. The van der Waals surface area contributed by atoms with Gasteiger partial charge in [0.05, 0.1) is 6.10 Å². The maximum absolute atomic E-state index is 13.9. The Morgan fingerprint density at radius 3 is 2.53 bits per heavy atom. The summed E-state index contributed by atoms with van der Waals surface area (Å²) in [6, 6.07) is 9.32. The molecule has 1 N–H and O–H groups in total. The Bertz CT molecular complexity index is 593. The number of aryl methyl sites for hydroxylation is 2. The van der Waals surface area contributed by atoms with Gasteiger partial charge in [0.25, 0.3) is 0 Å². The van der Waals surface area contributed by atoms with Crippen LogP contribution in [0.2, 0.25) is 0 Å². The summed E-state index contributed by atoms with van der Waals surface area (Å²) in [5, 5.41) is 10.1. The van der Waals surface area contributed by atoms with Crippen LogP contribution in [0.15, 0.2) is 36.4 Å². The van der Waals surface area contributed by atoms with Crippen LogP contribution in [-0.4, -0.2) is 5.11 Å². The molecule has 0 radical (unpaired) electrons. The first kappa shape index (κ1) is 13.7. The van der Waals surface area contributed by atoms with Crippen molar-refractivity contribution < 1.29 is 13.9 Å². The van der Waals surface area contributed by atoms with Crippen molar-refractivity contribution in [3.05, 3.63) is 70.3 Å². The van der Waals surface area contributed by atoms with Crippen LogP contribution in [0.4, 0.5) is 8.78 Å². The molecule has 0 amide bonds. The van der Waals surface area contributed by atoms with Crippen LogP contribution in [-0.2, 0) is 6.42 Å². The minimum Gasteiger partial charge on any atom is -0.388 e. The minimum absolute atomic E-state index is 0.198. The monoisotopic (exact) mass is 262 g/mol. The van der Waals surface area contributed by atoms with E-state index < -0.39 is 11.9 Å². The summed E-state index contributed by atoms with van der Waals surface area (Å²) >= 11 is 0.